The van der Waals surface area contributed by atoms with Gasteiger partial charge in [0.15, 0.2) is 0 Å². The number of aromatic nitrogens is 2. The van der Waals surface area contributed by atoms with E-state index >= 15 is 0 Å². The van der Waals surface area contributed by atoms with Gasteiger partial charge in [-0.05, 0) is 42.0 Å². The number of sulfonamides is 1. The third-order valence-corrected chi connectivity index (χ3v) is 8.31. The summed E-state index contributed by atoms with van der Waals surface area (Å²) >= 11 is 0. The molecule has 11 heteroatoms. The summed E-state index contributed by atoms with van der Waals surface area (Å²) in [4.78, 5) is 16.0. The molecule has 0 aliphatic heterocycles. The normalized spacial score (nSPS) is 11.3. The number of fused-ring (bicyclic) bond motifs is 2. The van der Waals surface area contributed by atoms with Crippen LogP contribution in [0.5, 0.6) is 0 Å². The van der Waals surface area contributed by atoms with Crippen molar-refractivity contribution >= 4 is 61.7 Å². The van der Waals surface area contributed by atoms with Gasteiger partial charge in [-0.2, -0.15) is 0 Å². The molecule has 0 saturated heterocycles. The largest absolute Gasteiger partial charge is 0.480 e. The number of aryl methyl sites for hydroxylation is 1. The Bertz CT molecular complexity index is 1810. The first-order valence-electron chi connectivity index (χ1n) is 11.7. The zero-order valence-corrected chi connectivity index (χ0v) is 22.5. The van der Waals surface area contributed by atoms with Crippen LogP contribution in [0.2, 0.25) is 0 Å². The molecule has 2 heterocycles. The van der Waals surface area contributed by atoms with Gasteiger partial charge in [0.2, 0.25) is 0 Å². The summed E-state index contributed by atoms with van der Waals surface area (Å²) < 4.78 is 30.5. The Labute approximate surface area is 231 Å². The highest BCUT2D eigenvalue weighted by Gasteiger charge is 2.29. The number of nitrogen functional groups attached to an aromatic ring is 1. The second-order valence-corrected chi connectivity index (χ2v) is 10.8. The molecule has 0 amide bonds. The molecule has 0 atom stereocenters. The highest BCUT2D eigenvalue weighted by molar-refractivity contribution is 7.93. The smallest absolute Gasteiger partial charge is 0.324 e. The average molecular weight is 564 g/mol. The van der Waals surface area contributed by atoms with Gasteiger partial charge in [-0.15, -0.1) is 12.4 Å². The van der Waals surface area contributed by atoms with E-state index in [0.29, 0.717) is 17.4 Å². The van der Waals surface area contributed by atoms with Crippen LogP contribution in [0.3, 0.4) is 0 Å². The van der Waals surface area contributed by atoms with Crippen molar-refractivity contribution in [1.29, 1.82) is 5.41 Å². The lowest BCUT2D eigenvalue weighted by atomic mass is 10.1. The van der Waals surface area contributed by atoms with Gasteiger partial charge in [-0.25, -0.2) is 8.42 Å². The van der Waals surface area contributed by atoms with Gasteiger partial charge in [0.05, 0.1) is 11.2 Å². The average Bonchev–Trinajstić information content (AvgIpc) is 3.21. The van der Waals surface area contributed by atoms with Crippen molar-refractivity contribution in [3.8, 4) is 0 Å². The van der Waals surface area contributed by atoms with Gasteiger partial charge in [-0.3, -0.25) is 19.5 Å². The Morgan fingerprint density at radius 3 is 2.44 bits per heavy atom. The fraction of sp³-hybridized carbons (Fsp3) is 0.107. The number of benzene rings is 3. The molecule has 200 valence electrons. The Morgan fingerprint density at radius 1 is 1.03 bits per heavy atom. The number of para-hydroxylation sites is 1. The first-order valence-corrected chi connectivity index (χ1v) is 13.2. The molecule has 0 fully saturated rings. The quantitative estimate of drug-likeness (QED) is 0.190. The predicted octanol–water partition coefficient (Wildman–Crippen LogP) is 4.30. The molecule has 0 spiro atoms. The van der Waals surface area contributed by atoms with Gasteiger partial charge in [-0.1, -0.05) is 42.5 Å². The minimum Gasteiger partial charge on any atom is -0.480 e. The lowest BCUT2D eigenvalue weighted by Gasteiger charge is -2.23. The lowest BCUT2D eigenvalue weighted by molar-refractivity contribution is -0.135. The maximum Gasteiger partial charge on any atom is 0.324 e. The number of nitrogens with one attached hydrogen (secondary N) is 1. The molecule has 0 saturated carbocycles. The number of nitrogens with two attached hydrogens (primary N) is 1. The van der Waals surface area contributed by atoms with E-state index in [1.54, 1.807) is 54.6 Å². The van der Waals surface area contributed by atoms with Crippen molar-refractivity contribution in [3.63, 3.8) is 0 Å². The van der Waals surface area contributed by atoms with Crippen molar-refractivity contribution in [1.82, 2.24) is 9.55 Å². The molecule has 3 aromatic carbocycles. The van der Waals surface area contributed by atoms with Crippen molar-refractivity contribution < 1.29 is 18.3 Å². The molecular weight excluding hydrogens is 538 g/mol. The number of carboxylic acid groups (broad SMARTS) is 1. The van der Waals surface area contributed by atoms with Crippen LogP contribution in [0.15, 0.2) is 90.0 Å². The molecular formula is C28H26ClN5O4S. The van der Waals surface area contributed by atoms with Crippen LogP contribution >= 0.6 is 12.4 Å². The van der Waals surface area contributed by atoms with Gasteiger partial charge in [0.25, 0.3) is 10.0 Å². The van der Waals surface area contributed by atoms with Crippen molar-refractivity contribution in [3.05, 3.63) is 102 Å². The second-order valence-electron chi connectivity index (χ2n) is 8.96. The number of nitrogens with zero attached hydrogens (tertiary/aromatic N) is 3. The van der Waals surface area contributed by atoms with Crippen LogP contribution in [-0.4, -0.2) is 41.4 Å². The molecule has 2 aromatic heterocycles. The summed E-state index contributed by atoms with van der Waals surface area (Å²) in [5.74, 6) is -1.27. The molecule has 4 N–H and O–H groups in total. The van der Waals surface area contributed by atoms with E-state index in [-0.39, 0.29) is 34.3 Å². The monoisotopic (exact) mass is 563 g/mol. The molecule has 0 radical (unpaired) electrons. The van der Waals surface area contributed by atoms with Gasteiger partial charge >= 0.3 is 5.97 Å². The predicted molar refractivity (Wildman–Crippen MR) is 154 cm³/mol. The van der Waals surface area contributed by atoms with Gasteiger partial charge < -0.3 is 15.4 Å². The van der Waals surface area contributed by atoms with E-state index in [9.17, 15) is 18.3 Å². The number of hydrogen-bond acceptors (Lipinski definition) is 5. The van der Waals surface area contributed by atoms with E-state index in [2.05, 4.69) is 4.98 Å². The standard InChI is InChI=1S/C28H25N5O4S.ClH/c1-32-23(14-18-7-9-20(10-8-18)28(29)30)16-21-15-22(11-12-24(21)32)33(17-26(34)35)38(36,37)25-6-2-4-19-5-3-13-31-27(19)25;/h2-13,15-16H,14,17H2,1H3,(H3,29,30)(H,34,35);1H. The number of aliphatic carboxylic acids is 1. The van der Waals surface area contributed by atoms with Crippen molar-refractivity contribution in [2.45, 2.75) is 11.3 Å². The fourth-order valence-corrected chi connectivity index (χ4v) is 6.15. The molecule has 0 aliphatic carbocycles. The van der Waals surface area contributed by atoms with Crippen LogP contribution in [-0.2, 0) is 28.3 Å². The van der Waals surface area contributed by atoms with Crippen LogP contribution in [0.1, 0.15) is 16.8 Å². The minimum atomic E-state index is -4.25. The van der Waals surface area contributed by atoms with Crippen molar-refractivity contribution in [2.75, 3.05) is 10.8 Å². The summed E-state index contributed by atoms with van der Waals surface area (Å²) in [7, 11) is -2.33. The van der Waals surface area contributed by atoms with E-state index in [1.807, 2.05) is 29.8 Å². The first kappa shape index (κ1) is 27.6. The number of carboxylic acids is 1. The second kappa shape index (κ2) is 10.8. The SMILES string of the molecule is Cl.Cn1c(Cc2ccc(C(=N)N)cc2)cc2cc(N(CC(=O)O)S(=O)(=O)c3cccc4cccnc34)ccc21. The summed E-state index contributed by atoms with van der Waals surface area (Å²) in [6, 6.07) is 22.8. The molecule has 5 aromatic rings. The first-order chi connectivity index (χ1) is 18.1. The number of rotatable bonds is 8. The number of halogens is 1. The third kappa shape index (κ3) is 5.29. The Hall–Kier alpha value is -4.41. The highest BCUT2D eigenvalue weighted by atomic mass is 35.5. The van der Waals surface area contributed by atoms with Gasteiger partial charge in [0, 0.05) is 47.2 Å². The summed E-state index contributed by atoms with van der Waals surface area (Å²) in [6.45, 7) is -0.737. The molecule has 0 unspecified atom stereocenters. The number of amidine groups is 1. The number of anilines is 1. The fourth-order valence-electron chi connectivity index (χ4n) is 4.57. The topological polar surface area (TPSA) is 142 Å². The van der Waals surface area contributed by atoms with Crippen molar-refractivity contribution in [2.24, 2.45) is 12.8 Å². The molecule has 9 nitrogen and oxygen atoms in total. The summed E-state index contributed by atoms with van der Waals surface area (Å²) in [6.07, 6.45) is 2.12. The Kier molecular flexibility index (Phi) is 7.62. The van der Waals surface area contributed by atoms with E-state index in [1.165, 1.54) is 12.3 Å². The summed E-state index contributed by atoms with van der Waals surface area (Å²) in [5.41, 5.74) is 9.62. The van der Waals surface area contributed by atoms with Crippen LogP contribution in [0, 0.1) is 5.41 Å². The Balaban J connectivity index is 0.00000353. The number of pyridine rings is 1. The number of carbonyl (C=O) groups is 1. The molecule has 39 heavy (non-hydrogen) atoms. The highest BCUT2D eigenvalue weighted by Crippen LogP contribution is 2.31. The third-order valence-electron chi connectivity index (χ3n) is 6.51. The maximum atomic E-state index is 13.8. The van der Waals surface area contributed by atoms with Crippen LogP contribution in [0.25, 0.3) is 21.8 Å². The zero-order valence-electron chi connectivity index (χ0n) is 20.9. The van der Waals surface area contributed by atoms with E-state index in [0.717, 1.165) is 26.5 Å². The zero-order chi connectivity index (χ0) is 27.0. The molecule has 0 aliphatic rings. The maximum absolute atomic E-state index is 13.8. The molecule has 5 rings (SSSR count). The van der Waals surface area contributed by atoms with E-state index < -0.39 is 22.5 Å². The number of hydrogen-bond donors (Lipinski definition) is 3. The van der Waals surface area contributed by atoms with E-state index in [4.69, 9.17) is 11.1 Å². The van der Waals surface area contributed by atoms with Crippen LogP contribution < -0.4 is 10.0 Å². The lowest BCUT2D eigenvalue weighted by Crippen LogP contribution is -2.35. The van der Waals surface area contributed by atoms with Gasteiger partial charge in [0.1, 0.15) is 17.3 Å². The summed E-state index contributed by atoms with van der Waals surface area (Å²) in [5, 5.41) is 18.6. The molecule has 0 bridgehead atoms. The van der Waals surface area contributed by atoms with Crippen LogP contribution in [0.4, 0.5) is 5.69 Å². The minimum absolute atomic E-state index is 0. The Morgan fingerprint density at radius 2 is 1.74 bits per heavy atom.